The van der Waals surface area contributed by atoms with Crippen LogP contribution in [0, 0.1) is 0 Å². The monoisotopic (exact) mass is 283 g/mol. The number of para-hydroxylation sites is 1. The van der Waals surface area contributed by atoms with Gasteiger partial charge in [-0.1, -0.05) is 18.2 Å². The van der Waals surface area contributed by atoms with Crippen molar-refractivity contribution < 1.29 is 13.9 Å². The molecule has 1 N–H and O–H groups in total. The highest BCUT2D eigenvalue weighted by molar-refractivity contribution is 5.81. The van der Waals surface area contributed by atoms with Crippen molar-refractivity contribution in [2.75, 3.05) is 19.5 Å². The number of hydrogen-bond donors (Lipinski definition) is 1. The summed E-state index contributed by atoms with van der Waals surface area (Å²) in [7, 11) is 3.28. The minimum Gasteiger partial charge on any atom is -0.497 e. The molecule has 4 heteroatoms. The molecule has 108 valence electrons. The fourth-order valence-electron chi connectivity index (χ4n) is 2.28. The lowest BCUT2D eigenvalue weighted by Gasteiger charge is -2.10. The lowest BCUT2D eigenvalue weighted by atomic mass is 10.2. The van der Waals surface area contributed by atoms with Crippen molar-refractivity contribution in [1.82, 2.24) is 0 Å². The van der Waals surface area contributed by atoms with E-state index in [1.165, 1.54) is 0 Å². The number of methoxy groups -OCH3 is 2. The smallest absolute Gasteiger partial charge is 0.134 e. The van der Waals surface area contributed by atoms with Crippen LogP contribution >= 0.6 is 0 Å². The number of benzene rings is 2. The van der Waals surface area contributed by atoms with Gasteiger partial charge in [0.2, 0.25) is 0 Å². The summed E-state index contributed by atoms with van der Waals surface area (Å²) in [6.45, 7) is 0.674. The van der Waals surface area contributed by atoms with Crippen molar-refractivity contribution in [3.05, 3.63) is 54.3 Å². The van der Waals surface area contributed by atoms with E-state index in [1.807, 2.05) is 36.4 Å². The van der Waals surface area contributed by atoms with E-state index >= 15 is 0 Å². The molecular weight excluding hydrogens is 266 g/mol. The van der Waals surface area contributed by atoms with Gasteiger partial charge in [-0.2, -0.15) is 0 Å². The maximum atomic E-state index is 5.54. The van der Waals surface area contributed by atoms with Crippen LogP contribution in [0.4, 0.5) is 5.69 Å². The second-order valence-electron chi connectivity index (χ2n) is 4.71. The normalized spacial score (nSPS) is 10.6. The van der Waals surface area contributed by atoms with E-state index in [0.29, 0.717) is 6.54 Å². The summed E-state index contributed by atoms with van der Waals surface area (Å²) < 4.78 is 16.1. The molecule has 3 aromatic rings. The first kappa shape index (κ1) is 13.4. The van der Waals surface area contributed by atoms with Gasteiger partial charge in [0, 0.05) is 41.4 Å². The molecule has 0 saturated heterocycles. The zero-order valence-electron chi connectivity index (χ0n) is 12.1. The van der Waals surface area contributed by atoms with Crippen LogP contribution < -0.4 is 14.8 Å². The Kier molecular flexibility index (Phi) is 3.69. The Balaban J connectivity index is 1.81. The molecule has 21 heavy (non-hydrogen) atoms. The van der Waals surface area contributed by atoms with E-state index in [-0.39, 0.29) is 0 Å². The first-order valence-corrected chi connectivity index (χ1v) is 6.72. The summed E-state index contributed by atoms with van der Waals surface area (Å²) >= 11 is 0. The molecule has 0 unspecified atom stereocenters. The second-order valence-corrected chi connectivity index (χ2v) is 4.71. The van der Waals surface area contributed by atoms with Crippen LogP contribution in [0.25, 0.3) is 11.0 Å². The van der Waals surface area contributed by atoms with Gasteiger partial charge < -0.3 is 19.2 Å². The van der Waals surface area contributed by atoms with E-state index in [1.54, 1.807) is 20.5 Å². The van der Waals surface area contributed by atoms with E-state index in [2.05, 4.69) is 11.4 Å². The van der Waals surface area contributed by atoms with Crippen LogP contribution in [0.3, 0.4) is 0 Å². The van der Waals surface area contributed by atoms with Crippen LogP contribution in [0.5, 0.6) is 11.5 Å². The molecule has 0 radical (unpaired) electrons. The fourth-order valence-corrected chi connectivity index (χ4v) is 2.28. The number of ether oxygens (including phenoxy) is 2. The number of hydrogen-bond acceptors (Lipinski definition) is 4. The SMILES string of the molecule is COc1cc(NCc2coc3ccccc23)cc(OC)c1. The minimum absolute atomic E-state index is 0.674. The molecule has 0 aliphatic carbocycles. The largest absolute Gasteiger partial charge is 0.497 e. The molecule has 0 amide bonds. The number of furan rings is 1. The van der Waals surface area contributed by atoms with Gasteiger partial charge in [-0.15, -0.1) is 0 Å². The molecule has 0 aliphatic heterocycles. The Morgan fingerprint density at radius 1 is 1.00 bits per heavy atom. The van der Waals surface area contributed by atoms with Crippen molar-refractivity contribution in [1.29, 1.82) is 0 Å². The fraction of sp³-hybridized carbons (Fsp3) is 0.176. The lowest BCUT2D eigenvalue weighted by molar-refractivity contribution is 0.394. The van der Waals surface area contributed by atoms with Gasteiger partial charge in [-0.05, 0) is 6.07 Å². The molecule has 1 aromatic heterocycles. The quantitative estimate of drug-likeness (QED) is 0.766. The van der Waals surface area contributed by atoms with Gasteiger partial charge in [0.05, 0.1) is 20.5 Å². The van der Waals surface area contributed by atoms with Gasteiger partial charge in [0.15, 0.2) is 0 Å². The maximum absolute atomic E-state index is 5.54. The Bertz CT molecular complexity index is 726. The summed E-state index contributed by atoms with van der Waals surface area (Å²) in [4.78, 5) is 0. The standard InChI is InChI=1S/C17H17NO3/c1-19-14-7-13(8-15(9-14)20-2)18-10-12-11-21-17-6-4-3-5-16(12)17/h3-9,11,18H,10H2,1-2H3. The summed E-state index contributed by atoms with van der Waals surface area (Å²) in [5, 5.41) is 4.49. The van der Waals surface area contributed by atoms with Gasteiger partial charge >= 0.3 is 0 Å². The summed E-state index contributed by atoms with van der Waals surface area (Å²) in [5.74, 6) is 1.52. The molecule has 3 rings (SSSR count). The molecule has 2 aromatic carbocycles. The van der Waals surface area contributed by atoms with Crippen molar-refractivity contribution in [3.63, 3.8) is 0 Å². The molecular formula is C17H17NO3. The average molecular weight is 283 g/mol. The maximum Gasteiger partial charge on any atom is 0.134 e. The Labute approximate surface area is 123 Å². The van der Waals surface area contributed by atoms with E-state index in [4.69, 9.17) is 13.9 Å². The summed E-state index contributed by atoms with van der Waals surface area (Å²) in [6.07, 6.45) is 1.79. The third-order valence-corrected chi connectivity index (χ3v) is 3.40. The van der Waals surface area contributed by atoms with Crippen molar-refractivity contribution in [2.24, 2.45) is 0 Å². The molecule has 0 fully saturated rings. The predicted octanol–water partition coefficient (Wildman–Crippen LogP) is 4.06. The molecule has 0 atom stereocenters. The Hall–Kier alpha value is -2.62. The van der Waals surface area contributed by atoms with Crippen LogP contribution in [0.15, 0.2) is 53.1 Å². The van der Waals surface area contributed by atoms with Crippen molar-refractivity contribution >= 4 is 16.7 Å². The Morgan fingerprint density at radius 2 is 1.71 bits per heavy atom. The molecule has 1 heterocycles. The number of anilines is 1. The average Bonchev–Trinajstić information content (AvgIpc) is 2.95. The van der Waals surface area contributed by atoms with E-state index in [9.17, 15) is 0 Å². The first-order chi connectivity index (χ1) is 10.3. The van der Waals surface area contributed by atoms with Gasteiger partial charge in [0.1, 0.15) is 17.1 Å². The molecule has 0 aliphatic rings. The highest BCUT2D eigenvalue weighted by Crippen LogP contribution is 2.27. The highest BCUT2D eigenvalue weighted by Gasteiger charge is 2.06. The topological polar surface area (TPSA) is 43.6 Å². The lowest BCUT2D eigenvalue weighted by Crippen LogP contribution is -1.99. The third-order valence-electron chi connectivity index (χ3n) is 3.40. The van der Waals surface area contributed by atoms with E-state index < -0.39 is 0 Å². The molecule has 0 spiro atoms. The molecule has 4 nitrogen and oxygen atoms in total. The summed E-state index contributed by atoms with van der Waals surface area (Å²) in [5.41, 5.74) is 2.96. The van der Waals surface area contributed by atoms with Crippen LogP contribution in [-0.2, 0) is 6.54 Å². The first-order valence-electron chi connectivity index (χ1n) is 6.72. The van der Waals surface area contributed by atoms with Crippen LogP contribution in [0.2, 0.25) is 0 Å². The third kappa shape index (κ3) is 2.79. The van der Waals surface area contributed by atoms with Crippen LogP contribution in [-0.4, -0.2) is 14.2 Å². The summed E-state index contributed by atoms with van der Waals surface area (Å²) in [6, 6.07) is 13.7. The highest BCUT2D eigenvalue weighted by atomic mass is 16.5. The zero-order chi connectivity index (χ0) is 14.7. The van der Waals surface area contributed by atoms with E-state index in [0.717, 1.165) is 33.7 Å². The number of rotatable bonds is 5. The van der Waals surface area contributed by atoms with Crippen molar-refractivity contribution in [3.8, 4) is 11.5 Å². The number of fused-ring (bicyclic) bond motifs is 1. The number of nitrogens with one attached hydrogen (secondary N) is 1. The van der Waals surface area contributed by atoms with Gasteiger partial charge in [-0.3, -0.25) is 0 Å². The van der Waals surface area contributed by atoms with Gasteiger partial charge in [-0.25, -0.2) is 0 Å². The second kappa shape index (κ2) is 5.79. The predicted molar refractivity (Wildman–Crippen MR) is 83.1 cm³/mol. The molecule has 0 bridgehead atoms. The minimum atomic E-state index is 0.674. The zero-order valence-corrected chi connectivity index (χ0v) is 12.1. The van der Waals surface area contributed by atoms with Crippen molar-refractivity contribution in [2.45, 2.75) is 6.54 Å². The van der Waals surface area contributed by atoms with Crippen LogP contribution in [0.1, 0.15) is 5.56 Å². The molecule has 0 saturated carbocycles. The Morgan fingerprint density at radius 3 is 2.43 bits per heavy atom. The van der Waals surface area contributed by atoms with Gasteiger partial charge in [0.25, 0.3) is 0 Å².